The van der Waals surface area contributed by atoms with Crippen LogP contribution in [0.2, 0.25) is 0 Å². The molecule has 0 saturated heterocycles. The van der Waals surface area contributed by atoms with Crippen molar-refractivity contribution in [1.29, 1.82) is 0 Å². The van der Waals surface area contributed by atoms with Crippen LogP contribution < -0.4 is 5.32 Å². The van der Waals surface area contributed by atoms with Gasteiger partial charge in [-0.2, -0.15) is 0 Å². The molecule has 4 rings (SSSR count). The van der Waals surface area contributed by atoms with Crippen LogP contribution in [-0.2, 0) is 0 Å². The SMILES string of the molecule is FC(F)CNCCC12CC3CC(CC(C3)C1)C2. The van der Waals surface area contributed by atoms with E-state index in [4.69, 9.17) is 0 Å². The van der Waals surface area contributed by atoms with E-state index in [1.807, 2.05) is 0 Å². The van der Waals surface area contributed by atoms with Crippen LogP contribution in [0.5, 0.6) is 0 Å². The largest absolute Gasteiger partial charge is 0.311 e. The van der Waals surface area contributed by atoms with Crippen LogP contribution in [0.15, 0.2) is 0 Å². The lowest BCUT2D eigenvalue weighted by atomic mass is 9.49. The summed E-state index contributed by atoms with van der Waals surface area (Å²) in [6, 6.07) is 0. The zero-order chi connectivity index (χ0) is 11.9. The third-order valence-electron chi connectivity index (χ3n) is 5.30. The van der Waals surface area contributed by atoms with Gasteiger partial charge in [0.2, 0.25) is 0 Å². The van der Waals surface area contributed by atoms with Crippen molar-refractivity contribution < 1.29 is 8.78 Å². The minimum absolute atomic E-state index is 0.133. The molecule has 1 N–H and O–H groups in total. The molecule has 0 aliphatic heterocycles. The fraction of sp³-hybridized carbons (Fsp3) is 1.00. The Balaban J connectivity index is 1.52. The lowest BCUT2D eigenvalue weighted by Gasteiger charge is -2.57. The minimum atomic E-state index is -2.20. The zero-order valence-corrected chi connectivity index (χ0v) is 10.4. The highest BCUT2D eigenvalue weighted by molar-refractivity contribution is 5.01. The van der Waals surface area contributed by atoms with Gasteiger partial charge in [-0.1, -0.05) is 0 Å². The normalized spacial score (nSPS) is 43.6. The smallest absolute Gasteiger partial charge is 0.250 e. The van der Waals surface area contributed by atoms with Gasteiger partial charge in [0.1, 0.15) is 0 Å². The molecule has 4 fully saturated rings. The first-order valence-electron chi connectivity index (χ1n) is 7.14. The quantitative estimate of drug-likeness (QED) is 0.729. The van der Waals surface area contributed by atoms with Gasteiger partial charge in [0.05, 0.1) is 6.54 Å². The second-order valence-electron chi connectivity index (χ2n) is 6.76. The Kier molecular flexibility index (Phi) is 3.14. The van der Waals surface area contributed by atoms with E-state index >= 15 is 0 Å². The Morgan fingerprint density at radius 1 is 1.00 bits per heavy atom. The average Bonchev–Trinajstić information content (AvgIpc) is 2.22. The molecule has 3 heteroatoms. The Hall–Kier alpha value is -0.180. The van der Waals surface area contributed by atoms with Crippen molar-refractivity contribution in [3.8, 4) is 0 Å². The molecule has 4 bridgehead atoms. The molecule has 0 aromatic rings. The van der Waals surface area contributed by atoms with E-state index in [2.05, 4.69) is 5.32 Å². The predicted octanol–water partition coefficient (Wildman–Crippen LogP) is 3.45. The van der Waals surface area contributed by atoms with Crippen LogP contribution in [0.4, 0.5) is 8.78 Å². The first-order chi connectivity index (χ1) is 8.15. The van der Waals surface area contributed by atoms with Gasteiger partial charge in [-0.25, -0.2) is 8.78 Å². The standard InChI is InChI=1S/C14H23F2N/c15-13(16)9-17-2-1-14-6-10-3-11(7-14)5-12(4-10)8-14/h10-13,17H,1-9H2. The van der Waals surface area contributed by atoms with Gasteiger partial charge in [-0.05, 0) is 74.7 Å². The molecule has 0 radical (unpaired) electrons. The summed E-state index contributed by atoms with van der Waals surface area (Å²) in [6.45, 7) is 0.656. The van der Waals surface area contributed by atoms with Crippen molar-refractivity contribution in [2.75, 3.05) is 13.1 Å². The summed E-state index contributed by atoms with van der Waals surface area (Å²) in [6.07, 6.45) is 7.46. The summed E-state index contributed by atoms with van der Waals surface area (Å²) in [7, 11) is 0. The van der Waals surface area contributed by atoms with Crippen LogP contribution in [0, 0.1) is 23.2 Å². The van der Waals surface area contributed by atoms with Crippen LogP contribution in [0.3, 0.4) is 0 Å². The van der Waals surface area contributed by atoms with Crippen molar-refractivity contribution in [3.63, 3.8) is 0 Å². The van der Waals surface area contributed by atoms with E-state index in [1.165, 1.54) is 38.5 Å². The maximum Gasteiger partial charge on any atom is 0.250 e. The maximum atomic E-state index is 12.1. The summed E-state index contributed by atoms with van der Waals surface area (Å²) in [5.41, 5.74) is 0.532. The van der Waals surface area contributed by atoms with Crippen LogP contribution >= 0.6 is 0 Å². The van der Waals surface area contributed by atoms with Gasteiger partial charge >= 0.3 is 0 Å². The fourth-order valence-corrected chi connectivity index (χ4v) is 5.16. The molecule has 0 aromatic heterocycles. The van der Waals surface area contributed by atoms with Crippen molar-refractivity contribution in [1.82, 2.24) is 5.32 Å². The lowest BCUT2D eigenvalue weighted by molar-refractivity contribution is -0.0570. The summed E-state index contributed by atoms with van der Waals surface area (Å²) in [4.78, 5) is 0. The van der Waals surface area contributed by atoms with E-state index < -0.39 is 6.43 Å². The molecule has 0 heterocycles. The molecular formula is C14H23F2N. The van der Waals surface area contributed by atoms with Crippen LogP contribution in [-0.4, -0.2) is 19.5 Å². The van der Waals surface area contributed by atoms with Gasteiger partial charge in [0, 0.05) is 0 Å². The van der Waals surface area contributed by atoms with Gasteiger partial charge in [0.15, 0.2) is 0 Å². The van der Waals surface area contributed by atoms with E-state index in [-0.39, 0.29) is 6.54 Å². The molecule has 0 spiro atoms. The Labute approximate surface area is 102 Å². The van der Waals surface area contributed by atoms with E-state index in [0.29, 0.717) is 5.41 Å². The Bertz CT molecular complexity index is 242. The van der Waals surface area contributed by atoms with Crippen molar-refractivity contribution in [2.24, 2.45) is 23.2 Å². The number of alkyl halides is 2. The lowest BCUT2D eigenvalue weighted by Crippen LogP contribution is -2.47. The second-order valence-corrected chi connectivity index (χ2v) is 6.76. The van der Waals surface area contributed by atoms with E-state index in [0.717, 1.165) is 30.7 Å². The molecule has 4 saturated carbocycles. The van der Waals surface area contributed by atoms with Gasteiger partial charge in [-0.3, -0.25) is 0 Å². The molecule has 0 aromatic carbocycles. The van der Waals surface area contributed by atoms with Crippen LogP contribution in [0.1, 0.15) is 44.9 Å². The number of nitrogens with one attached hydrogen (secondary N) is 1. The maximum absolute atomic E-state index is 12.1. The third kappa shape index (κ3) is 2.49. The first-order valence-corrected chi connectivity index (χ1v) is 7.14. The number of hydrogen-bond donors (Lipinski definition) is 1. The number of halogens is 2. The van der Waals surface area contributed by atoms with Crippen LogP contribution in [0.25, 0.3) is 0 Å². The van der Waals surface area contributed by atoms with Crippen molar-refractivity contribution in [2.45, 2.75) is 51.4 Å². The van der Waals surface area contributed by atoms with Crippen molar-refractivity contribution in [3.05, 3.63) is 0 Å². The molecule has 1 nitrogen and oxygen atoms in total. The Morgan fingerprint density at radius 3 is 2.00 bits per heavy atom. The molecule has 0 unspecified atom stereocenters. The predicted molar refractivity (Wildman–Crippen MR) is 64.1 cm³/mol. The fourth-order valence-electron chi connectivity index (χ4n) is 5.16. The first kappa shape index (κ1) is 11.9. The summed E-state index contributed by atoms with van der Waals surface area (Å²) < 4.78 is 24.1. The number of hydrogen-bond acceptors (Lipinski definition) is 1. The van der Waals surface area contributed by atoms with E-state index in [9.17, 15) is 8.78 Å². The molecule has 4 aliphatic carbocycles. The number of rotatable bonds is 5. The summed E-state index contributed by atoms with van der Waals surface area (Å²) in [5.74, 6) is 2.91. The Morgan fingerprint density at radius 2 is 1.53 bits per heavy atom. The monoisotopic (exact) mass is 243 g/mol. The van der Waals surface area contributed by atoms with Crippen molar-refractivity contribution >= 4 is 0 Å². The molecule has 0 amide bonds. The molecule has 0 atom stereocenters. The van der Waals surface area contributed by atoms with Gasteiger partial charge in [-0.15, -0.1) is 0 Å². The molecule has 98 valence electrons. The summed E-state index contributed by atoms with van der Waals surface area (Å²) >= 11 is 0. The summed E-state index contributed by atoms with van der Waals surface area (Å²) in [5, 5.41) is 2.91. The zero-order valence-electron chi connectivity index (χ0n) is 10.4. The minimum Gasteiger partial charge on any atom is -0.311 e. The average molecular weight is 243 g/mol. The second kappa shape index (κ2) is 4.49. The highest BCUT2D eigenvalue weighted by atomic mass is 19.3. The van der Waals surface area contributed by atoms with Gasteiger partial charge < -0.3 is 5.32 Å². The van der Waals surface area contributed by atoms with Gasteiger partial charge in [0.25, 0.3) is 6.43 Å². The highest BCUT2D eigenvalue weighted by Crippen LogP contribution is 2.61. The van der Waals surface area contributed by atoms with E-state index in [1.54, 1.807) is 0 Å². The third-order valence-corrected chi connectivity index (χ3v) is 5.30. The molecular weight excluding hydrogens is 220 g/mol. The molecule has 17 heavy (non-hydrogen) atoms. The highest BCUT2D eigenvalue weighted by Gasteiger charge is 2.50. The molecule has 4 aliphatic rings. The topological polar surface area (TPSA) is 12.0 Å².